The maximum Gasteiger partial charge on any atom is 0.404 e. The summed E-state index contributed by atoms with van der Waals surface area (Å²) in [5, 5.41) is 18.4. The van der Waals surface area contributed by atoms with Crippen molar-refractivity contribution in [2.75, 3.05) is 5.32 Å². The summed E-state index contributed by atoms with van der Waals surface area (Å²) in [7, 11) is -3.96. The van der Waals surface area contributed by atoms with Gasteiger partial charge in [-0.15, -0.1) is 11.3 Å². The minimum atomic E-state index is -3.96. The molecule has 0 spiro atoms. The maximum absolute atomic E-state index is 13.6. The minimum Gasteiger partial charge on any atom is -0.465 e. The van der Waals surface area contributed by atoms with Gasteiger partial charge in [0, 0.05) is 34.9 Å². The molecule has 0 saturated heterocycles. The number of aromatic nitrogens is 1. The van der Waals surface area contributed by atoms with Crippen LogP contribution in [-0.2, 0) is 15.6 Å². The van der Waals surface area contributed by atoms with Crippen molar-refractivity contribution in [3.05, 3.63) is 65.3 Å². The minimum absolute atomic E-state index is 0.0573. The Morgan fingerprint density at radius 2 is 1.71 bits per heavy atom. The number of rotatable bonds is 8. The topological polar surface area (TPSA) is 150 Å². The molecule has 42 heavy (non-hydrogen) atoms. The van der Waals surface area contributed by atoms with Gasteiger partial charge < -0.3 is 21.1 Å². The highest BCUT2D eigenvalue weighted by atomic mass is 32.2. The van der Waals surface area contributed by atoms with Crippen LogP contribution in [0, 0.1) is 0 Å². The first-order valence-corrected chi connectivity index (χ1v) is 16.4. The van der Waals surface area contributed by atoms with E-state index in [0.29, 0.717) is 16.1 Å². The van der Waals surface area contributed by atoms with E-state index in [1.54, 1.807) is 39.1 Å². The van der Waals surface area contributed by atoms with Crippen LogP contribution in [0.2, 0.25) is 0 Å². The lowest BCUT2D eigenvalue weighted by Crippen LogP contribution is -2.40. The Hall–Kier alpha value is -3.48. The molecular weight excluding hydrogens is 574 g/mol. The van der Waals surface area contributed by atoms with Crippen LogP contribution in [0.4, 0.5) is 15.3 Å². The van der Waals surface area contributed by atoms with Gasteiger partial charge in [-0.25, -0.2) is 27.7 Å². The third-order valence-electron chi connectivity index (χ3n) is 7.59. The van der Waals surface area contributed by atoms with Gasteiger partial charge in [0.05, 0.1) is 20.3 Å². The third-order valence-corrected chi connectivity index (χ3v) is 10.6. The van der Waals surface area contributed by atoms with Gasteiger partial charge in [0.2, 0.25) is 10.0 Å². The van der Waals surface area contributed by atoms with E-state index in [4.69, 9.17) is 5.11 Å². The van der Waals surface area contributed by atoms with Gasteiger partial charge in [-0.1, -0.05) is 36.4 Å². The van der Waals surface area contributed by atoms with Gasteiger partial charge in [0.25, 0.3) is 0 Å². The summed E-state index contributed by atoms with van der Waals surface area (Å²) >= 11 is 1.45. The van der Waals surface area contributed by atoms with Crippen LogP contribution in [0.1, 0.15) is 75.8 Å². The summed E-state index contributed by atoms with van der Waals surface area (Å²) in [6.07, 6.45) is 5.43. The van der Waals surface area contributed by atoms with Crippen molar-refractivity contribution >= 4 is 39.2 Å². The first kappa shape index (κ1) is 30.0. The largest absolute Gasteiger partial charge is 0.465 e. The molecule has 10 nitrogen and oxygen atoms in total. The first-order valence-electron chi connectivity index (χ1n) is 14.1. The van der Waals surface area contributed by atoms with Crippen LogP contribution in [0.3, 0.4) is 0 Å². The molecule has 1 heterocycles. The highest BCUT2D eigenvalue weighted by molar-refractivity contribution is 7.89. The molecular formula is C30H37N5O5S2. The lowest BCUT2D eigenvalue weighted by molar-refractivity contribution is 0.185. The molecule has 2 saturated carbocycles. The fourth-order valence-corrected chi connectivity index (χ4v) is 8.35. The van der Waals surface area contributed by atoms with E-state index in [2.05, 4.69) is 25.7 Å². The molecule has 3 amide bonds. The molecule has 0 aliphatic heterocycles. The predicted octanol–water partition coefficient (Wildman–Crippen LogP) is 5.99. The van der Waals surface area contributed by atoms with Crippen molar-refractivity contribution in [1.29, 1.82) is 0 Å². The number of nitrogens with zero attached hydrogens (tertiary/aromatic N) is 1. The Balaban J connectivity index is 1.38. The number of amides is 3. The van der Waals surface area contributed by atoms with E-state index in [1.165, 1.54) is 17.4 Å². The summed E-state index contributed by atoms with van der Waals surface area (Å²) in [6, 6.07) is 14.3. The summed E-state index contributed by atoms with van der Waals surface area (Å²) < 4.78 is 30.0. The Morgan fingerprint density at radius 3 is 2.33 bits per heavy atom. The Labute approximate surface area is 250 Å². The highest BCUT2D eigenvalue weighted by Crippen LogP contribution is 2.45. The summed E-state index contributed by atoms with van der Waals surface area (Å²) in [5.41, 5.74) is 0.789. The number of carboxylic acid groups (broad SMARTS) is 1. The number of benzene rings is 2. The predicted molar refractivity (Wildman–Crippen MR) is 163 cm³/mol. The quantitative estimate of drug-likeness (QED) is 0.211. The summed E-state index contributed by atoms with van der Waals surface area (Å²) in [6.45, 7) is 5.33. The molecule has 2 aliphatic rings. The van der Waals surface area contributed by atoms with Gasteiger partial charge in [-0.3, -0.25) is 0 Å². The van der Waals surface area contributed by atoms with Gasteiger partial charge in [-0.2, -0.15) is 0 Å². The van der Waals surface area contributed by atoms with Gasteiger partial charge in [0.15, 0.2) is 0 Å². The summed E-state index contributed by atoms with van der Waals surface area (Å²) in [5.74, 6) is 0.187. The average Bonchev–Trinajstić information content (AvgIpc) is 3.52. The maximum atomic E-state index is 13.6. The molecule has 1 aromatic heterocycles. The van der Waals surface area contributed by atoms with Crippen LogP contribution in [0.15, 0.2) is 59.6 Å². The van der Waals surface area contributed by atoms with Crippen molar-refractivity contribution in [2.45, 2.75) is 87.2 Å². The first-order chi connectivity index (χ1) is 19.8. The van der Waals surface area contributed by atoms with Crippen molar-refractivity contribution in [3.8, 4) is 10.4 Å². The van der Waals surface area contributed by atoms with Crippen molar-refractivity contribution in [1.82, 2.24) is 20.3 Å². The standard InChI is InChI=1S/C30H37N5O5S2/c1-29(2,3)35-42(39,40)25-17-22(32-27(36)34-30(15-16-30)20-7-5-4-6-8-20)13-14-23(25)24-18-31-26(41-24)19-9-11-21(12-10-19)33-28(37)38/h4-8,13-14,17-19,21,33,35H,9-12,15-16H2,1-3H3,(H,37,38)(H2,32,34,36). The molecule has 2 aromatic carbocycles. The zero-order valence-corrected chi connectivity index (χ0v) is 25.6. The average molecular weight is 612 g/mol. The number of nitrogens with one attached hydrogen (secondary N) is 4. The normalized spacial score (nSPS) is 20.0. The van der Waals surface area contributed by atoms with Gasteiger partial charge in [0.1, 0.15) is 0 Å². The van der Waals surface area contributed by atoms with E-state index in [9.17, 15) is 18.0 Å². The molecule has 2 fully saturated rings. The van der Waals surface area contributed by atoms with E-state index in [-0.39, 0.29) is 16.9 Å². The number of sulfonamides is 1. The molecule has 3 aromatic rings. The second kappa shape index (κ2) is 11.7. The van der Waals surface area contributed by atoms with Crippen LogP contribution < -0.4 is 20.7 Å². The second-order valence-corrected chi connectivity index (χ2v) is 14.9. The summed E-state index contributed by atoms with van der Waals surface area (Å²) in [4.78, 5) is 29.4. The second-order valence-electron chi connectivity index (χ2n) is 12.2. The van der Waals surface area contributed by atoms with E-state index in [1.807, 2.05) is 30.3 Å². The van der Waals surface area contributed by atoms with Crippen molar-refractivity contribution in [2.24, 2.45) is 0 Å². The smallest absolute Gasteiger partial charge is 0.404 e. The number of carbonyl (C=O) groups excluding carboxylic acids is 1. The number of anilines is 1. The van der Waals surface area contributed by atoms with Crippen LogP contribution in [0.5, 0.6) is 0 Å². The number of thiazole rings is 1. The van der Waals surface area contributed by atoms with Crippen LogP contribution in [-0.4, -0.2) is 42.2 Å². The molecule has 0 radical (unpaired) electrons. The molecule has 0 atom stereocenters. The van der Waals surface area contributed by atoms with Crippen LogP contribution >= 0.6 is 11.3 Å². The number of carbonyl (C=O) groups is 2. The Bertz CT molecular complexity index is 1550. The number of hydrogen-bond acceptors (Lipinski definition) is 6. The molecule has 2 aliphatic carbocycles. The molecule has 224 valence electrons. The lowest BCUT2D eigenvalue weighted by atomic mass is 9.86. The fraction of sp³-hybridized carbons (Fsp3) is 0.433. The molecule has 0 unspecified atom stereocenters. The molecule has 0 bridgehead atoms. The zero-order chi connectivity index (χ0) is 30.1. The number of hydrogen-bond donors (Lipinski definition) is 5. The van der Waals surface area contributed by atoms with Crippen LogP contribution in [0.25, 0.3) is 10.4 Å². The third kappa shape index (κ3) is 7.11. The van der Waals surface area contributed by atoms with E-state index < -0.39 is 33.2 Å². The highest BCUT2D eigenvalue weighted by Gasteiger charge is 2.45. The number of urea groups is 1. The van der Waals surface area contributed by atoms with Gasteiger partial charge >= 0.3 is 12.1 Å². The molecule has 5 N–H and O–H groups in total. The fourth-order valence-electron chi connectivity index (χ4n) is 5.49. The molecule has 5 rings (SSSR count). The van der Waals surface area contributed by atoms with Gasteiger partial charge in [-0.05, 0) is 77.0 Å². The van der Waals surface area contributed by atoms with E-state index in [0.717, 1.165) is 49.1 Å². The Kier molecular flexibility index (Phi) is 8.32. The Morgan fingerprint density at radius 1 is 1.02 bits per heavy atom. The monoisotopic (exact) mass is 611 g/mol. The molecule has 12 heteroatoms. The zero-order valence-electron chi connectivity index (χ0n) is 23.9. The van der Waals surface area contributed by atoms with Crippen molar-refractivity contribution < 1.29 is 23.1 Å². The SMILES string of the molecule is CC(C)(C)NS(=O)(=O)c1cc(NC(=O)NC2(c3ccccc3)CC2)ccc1-c1cnc(C2CCC(NC(=O)O)CC2)s1. The lowest BCUT2D eigenvalue weighted by Gasteiger charge is -2.27. The van der Waals surface area contributed by atoms with E-state index >= 15 is 0 Å². The van der Waals surface area contributed by atoms with Crippen molar-refractivity contribution in [3.63, 3.8) is 0 Å².